The Hall–Kier alpha value is -1.03. The van der Waals surface area contributed by atoms with E-state index in [2.05, 4.69) is 0 Å². The van der Waals surface area contributed by atoms with Crippen LogP contribution in [0.2, 0.25) is 0 Å². The normalized spacial score (nSPS) is 22.0. The van der Waals surface area contributed by atoms with Crippen LogP contribution >= 0.6 is 0 Å². The van der Waals surface area contributed by atoms with Crippen molar-refractivity contribution >= 4 is 5.97 Å². The van der Waals surface area contributed by atoms with Crippen molar-refractivity contribution in [2.45, 2.75) is 17.8 Å². The molecule has 0 aromatic carbocycles. The summed E-state index contributed by atoms with van der Waals surface area (Å²) in [6, 6.07) is 0. The van der Waals surface area contributed by atoms with Crippen LogP contribution in [0.1, 0.15) is 0 Å². The lowest BCUT2D eigenvalue weighted by Crippen LogP contribution is -2.64. The van der Waals surface area contributed by atoms with Crippen LogP contribution in [0.25, 0.3) is 0 Å². The molecule has 1 heterocycles. The molecule has 1 aliphatic heterocycles. The van der Waals surface area contributed by atoms with E-state index in [1.165, 1.54) is 0 Å². The summed E-state index contributed by atoms with van der Waals surface area (Å²) in [7, 11) is 0. The first kappa shape index (κ1) is 16.0. The molecule has 0 bridgehead atoms. The first-order valence-electron chi connectivity index (χ1n) is 5.19. The van der Waals surface area contributed by atoms with E-state index in [0.29, 0.717) is 0 Å². The number of hydrogen-bond acceptors (Lipinski definition) is 3. The molecule has 1 unspecified atom stereocenters. The van der Waals surface area contributed by atoms with Gasteiger partial charge in [-0.3, -0.25) is 4.90 Å². The van der Waals surface area contributed by atoms with E-state index < -0.39 is 30.3 Å². The van der Waals surface area contributed by atoms with Gasteiger partial charge in [-0.1, -0.05) is 0 Å². The minimum atomic E-state index is -6.21. The zero-order valence-corrected chi connectivity index (χ0v) is 9.51. The molecular weight excluding hydrogens is 284 g/mol. The summed E-state index contributed by atoms with van der Waals surface area (Å²) in [5, 5.41) is 8.22. The molecule has 0 aliphatic carbocycles. The van der Waals surface area contributed by atoms with Crippen molar-refractivity contribution in [2.24, 2.45) is 0 Å². The van der Waals surface area contributed by atoms with Gasteiger partial charge in [0.2, 0.25) is 0 Å². The molecule has 1 rings (SSSR count). The van der Waals surface area contributed by atoms with Crippen LogP contribution in [0, 0.1) is 0 Å². The third-order valence-electron chi connectivity index (χ3n) is 2.72. The summed E-state index contributed by atoms with van der Waals surface area (Å²) >= 11 is 0. The summed E-state index contributed by atoms with van der Waals surface area (Å²) in [6.45, 7) is -1.87. The number of aliphatic carboxylic acids is 1. The first-order chi connectivity index (χ1) is 8.52. The van der Waals surface area contributed by atoms with E-state index in [0.717, 1.165) is 4.90 Å². The lowest BCUT2D eigenvalue weighted by atomic mass is 9.96. The highest BCUT2D eigenvalue weighted by Crippen LogP contribution is 2.45. The van der Waals surface area contributed by atoms with Gasteiger partial charge in [0.05, 0.1) is 19.8 Å². The lowest BCUT2D eigenvalue weighted by Gasteiger charge is -2.36. The summed E-state index contributed by atoms with van der Waals surface area (Å²) in [5.41, 5.74) is -5.61. The maximum atomic E-state index is 13.4. The van der Waals surface area contributed by atoms with Crippen molar-refractivity contribution in [1.82, 2.24) is 4.90 Å². The summed E-state index contributed by atoms with van der Waals surface area (Å²) in [4.78, 5) is 11.2. The quantitative estimate of drug-likeness (QED) is 0.795. The molecule has 0 saturated carbocycles. The number of rotatable bonds is 4. The van der Waals surface area contributed by atoms with Gasteiger partial charge in [-0.05, 0) is 0 Å². The van der Waals surface area contributed by atoms with Crippen LogP contribution in [0.15, 0.2) is 0 Å². The van der Waals surface area contributed by atoms with Gasteiger partial charge in [0, 0.05) is 13.1 Å². The number of ether oxygens (including phenoxy) is 1. The fourth-order valence-electron chi connectivity index (χ4n) is 1.63. The molecule has 1 fully saturated rings. The smallest absolute Gasteiger partial charge is 0.439 e. The molecule has 1 N–H and O–H groups in total. The van der Waals surface area contributed by atoms with Gasteiger partial charge in [0.1, 0.15) is 0 Å². The zero-order valence-electron chi connectivity index (χ0n) is 9.51. The molecule has 0 spiro atoms. The number of nitrogens with zero attached hydrogens (tertiary/aromatic N) is 1. The summed E-state index contributed by atoms with van der Waals surface area (Å²) in [5.74, 6) is -8.35. The molecule has 1 saturated heterocycles. The lowest BCUT2D eigenvalue weighted by molar-refractivity contribution is -0.298. The number of carboxylic acids is 1. The maximum absolute atomic E-state index is 13.4. The first-order valence-corrected chi connectivity index (χ1v) is 5.19. The molecule has 0 radical (unpaired) electrons. The van der Waals surface area contributed by atoms with E-state index in [-0.39, 0.29) is 26.3 Å². The third-order valence-corrected chi connectivity index (χ3v) is 2.72. The molecule has 10 heteroatoms. The van der Waals surface area contributed by atoms with E-state index >= 15 is 0 Å². The van der Waals surface area contributed by atoms with Crippen LogP contribution < -0.4 is 0 Å². The van der Waals surface area contributed by atoms with E-state index in [1.807, 2.05) is 0 Å². The second-order valence-corrected chi connectivity index (χ2v) is 4.05. The van der Waals surface area contributed by atoms with Gasteiger partial charge in [-0.2, -0.15) is 13.2 Å². The van der Waals surface area contributed by atoms with Crippen LogP contribution in [-0.2, 0) is 9.53 Å². The highest BCUT2D eigenvalue weighted by molar-refractivity contribution is 5.80. The van der Waals surface area contributed by atoms with Crippen LogP contribution in [0.5, 0.6) is 0 Å². The van der Waals surface area contributed by atoms with Gasteiger partial charge >= 0.3 is 23.7 Å². The molecule has 1 aliphatic rings. The Morgan fingerprint density at radius 2 is 1.58 bits per heavy atom. The number of morpholine rings is 1. The zero-order chi connectivity index (χ0) is 14.9. The van der Waals surface area contributed by atoms with Crippen LogP contribution in [-0.4, -0.2) is 66.6 Å². The Morgan fingerprint density at radius 3 is 1.95 bits per heavy atom. The number of halogens is 6. The average molecular weight is 295 g/mol. The summed E-state index contributed by atoms with van der Waals surface area (Å²) in [6.07, 6.45) is -6.21. The maximum Gasteiger partial charge on any atom is 0.439 e. The number of carbonyl (C=O) groups is 1. The van der Waals surface area contributed by atoms with Gasteiger partial charge in [0.25, 0.3) is 0 Å². The van der Waals surface area contributed by atoms with Gasteiger partial charge in [-0.25, -0.2) is 18.0 Å². The Bertz CT molecular complexity index is 341. The average Bonchev–Trinajstić information content (AvgIpc) is 2.26. The molecule has 0 amide bonds. The number of alkyl halides is 6. The van der Waals surface area contributed by atoms with Crippen molar-refractivity contribution in [1.29, 1.82) is 0 Å². The minimum Gasteiger partial charge on any atom is -0.478 e. The second-order valence-electron chi connectivity index (χ2n) is 4.05. The molecule has 112 valence electrons. The van der Waals surface area contributed by atoms with Crippen molar-refractivity contribution in [3.05, 3.63) is 0 Å². The molecule has 19 heavy (non-hydrogen) atoms. The Morgan fingerprint density at radius 1 is 1.11 bits per heavy atom. The van der Waals surface area contributed by atoms with Gasteiger partial charge < -0.3 is 9.84 Å². The van der Waals surface area contributed by atoms with E-state index in [4.69, 9.17) is 9.84 Å². The minimum absolute atomic E-state index is 0.00839. The number of hydrogen-bond donors (Lipinski definition) is 1. The standard InChI is InChI=1S/C9H11F6NO3/c10-7(11,5-16-1-3-19-4-2-16)8(12,6(17)18)9(13,14)15/h1-5H2,(H,17,18). The predicted octanol–water partition coefficient (Wildman–Crippen LogP) is 1.31. The van der Waals surface area contributed by atoms with Crippen molar-refractivity contribution in [2.75, 3.05) is 32.8 Å². The Balaban J connectivity index is 2.96. The van der Waals surface area contributed by atoms with E-state index in [1.54, 1.807) is 0 Å². The van der Waals surface area contributed by atoms with Crippen molar-refractivity contribution < 1.29 is 41.0 Å². The summed E-state index contributed by atoms with van der Waals surface area (Å²) < 4.78 is 82.1. The molecular formula is C9H11F6NO3. The highest BCUT2D eigenvalue weighted by atomic mass is 19.4. The predicted molar refractivity (Wildman–Crippen MR) is 49.7 cm³/mol. The van der Waals surface area contributed by atoms with Crippen molar-refractivity contribution in [3.63, 3.8) is 0 Å². The molecule has 0 aromatic heterocycles. The third kappa shape index (κ3) is 2.94. The monoisotopic (exact) mass is 295 g/mol. The van der Waals surface area contributed by atoms with Gasteiger partial charge in [0.15, 0.2) is 0 Å². The Kier molecular flexibility index (Phi) is 4.35. The second kappa shape index (κ2) is 5.16. The molecule has 4 nitrogen and oxygen atoms in total. The van der Waals surface area contributed by atoms with Gasteiger partial charge in [-0.15, -0.1) is 0 Å². The van der Waals surface area contributed by atoms with Crippen LogP contribution in [0.3, 0.4) is 0 Å². The molecule has 1 atom stereocenters. The number of carboxylic acid groups (broad SMARTS) is 1. The largest absolute Gasteiger partial charge is 0.478 e. The Labute approximate surface area is 103 Å². The fraction of sp³-hybridized carbons (Fsp3) is 0.889. The fourth-order valence-corrected chi connectivity index (χ4v) is 1.63. The van der Waals surface area contributed by atoms with E-state index in [9.17, 15) is 31.1 Å². The highest BCUT2D eigenvalue weighted by Gasteiger charge is 2.76. The molecule has 0 aromatic rings. The van der Waals surface area contributed by atoms with Crippen LogP contribution in [0.4, 0.5) is 26.3 Å². The SMILES string of the molecule is O=C(O)C(F)(C(F)(F)F)C(F)(F)CN1CCOCC1. The van der Waals surface area contributed by atoms with Crippen molar-refractivity contribution in [3.8, 4) is 0 Å². The topological polar surface area (TPSA) is 49.8 Å².